The molecular formula is C23H22ClNO3. The quantitative estimate of drug-likeness (QED) is 0.447. The Morgan fingerprint density at radius 1 is 0.964 bits per heavy atom. The maximum absolute atomic E-state index is 13.0. The first kappa shape index (κ1) is 18.8. The number of Topliss-reactive ketones (excluding diaryl/α,β-unsaturated/α-hetero) is 1. The standard InChI is InChI=1S/C23H22ClNO3/c24-17-11-7-10-16(14-17)21(26)19-20(15-8-3-1-4-9-15)25(23(28)22(19)27)18-12-5-2-6-13-18/h1,3-4,7-11,14,18,20,26H,2,5-6,12-13H2/b21-19-. The number of halogens is 1. The van der Waals surface area contributed by atoms with Crippen molar-refractivity contribution in [1.29, 1.82) is 0 Å². The molecule has 2 aliphatic rings. The van der Waals surface area contributed by atoms with Crippen molar-refractivity contribution in [2.45, 2.75) is 44.2 Å². The smallest absolute Gasteiger partial charge is 0.295 e. The summed E-state index contributed by atoms with van der Waals surface area (Å²) in [4.78, 5) is 27.7. The highest BCUT2D eigenvalue weighted by atomic mass is 35.5. The number of hydrogen-bond donors (Lipinski definition) is 1. The van der Waals surface area contributed by atoms with E-state index in [1.807, 2.05) is 30.3 Å². The Balaban J connectivity index is 1.87. The van der Waals surface area contributed by atoms with Crippen molar-refractivity contribution in [2.75, 3.05) is 0 Å². The van der Waals surface area contributed by atoms with Gasteiger partial charge in [-0.3, -0.25) is 9.59 Å². The number of nitrogens with zero attached hydrogens (tertiary/aromatic N) is 1. The number of benzene rings is 2. The van der Waals surface area contributed by atoms with Crippen LogP contribution in [-0.2, 0) is 9.59 Å². The van der Waals surface area contributed by atoms with Crippen LogP contribution in [0.4, 0.5) is 0 Å². The molecule has 4 rings (SSSR count). The Kier molecular flexibility index (Phi) is 5.23. The number of carbonyl (C=O) groups excluding carboxylic acids is 2. The Hall–Kier alpha value is -2.59. The molecule has 1 N–H and O–H groups in total. The normalized spacial score (nSPS) is 22.6. The van der Waals surface area contributed by atoms with E-state index in [1.54, 1.807) is 29.2 Å². The largest absolute Gasteiger partial charge is 0.507 e. The fourth-order valence-corrected chi connectivity index (χ4v) is 4.53. The molecule has 1 saturated carbocycles. The van der Waals surface area contributed by atoms with Crippen LogP contribution in [0.25, 0.3) is 5.76 Å². The van der Waals surface area contributed by atoms with Crippen molar-refractivity contribution in [2.24, 2.45) is 0 Å². The predicted molar refractivity (Wildman–Crippen MR) is 109 cm³/mol. The summed E-state index contributed by atoms with van der Waals surface area (Å²) in [5, 5.41) is 11.5. The van der Waals surface area contributed by atoms with E-state index in [2.05, 4.69) is 0 Å². The van der Waals surface area contributed by atoms with Crippen molar-refractivity contribution in [3.05, 3.63) is 76.3 Å². The molecule has 0 radical (unpaired) electrons. The van der Waals surface area contributed by atoms with Crippen LogP contribution in [0.3, 0.4) is 0 Å². The lowest BCUT2D eigenvalue weighted by atomic mass is 9.91. The Morgan fingerprint density at radius 2 is 1.68 bits per heavy atom. The molecule has 2 aromatic rings. The van der Waals surface area contributed by atoms with Crippen LogP contribution in [-0.4, -0.2) is 27.7 Å². The third-order valence-corrected chi connectivity index (χ3v) is 5.90. The second-order valence-electron chi connectivity index (χ2n) is 7.42. The fraction of sp³-hybridized carbons (Fsp3) is 0.304. The highest BCUT2D eigenvalue weighted by Gasteiger charge is 2.48. The van der Waals surface area contributed by atoms with Crippen LogP contribution >= 0.6 is 11.6 Å². The van der Waals surface area contributed by atoms with Gasteiger partial charge in [-0.25, -0.2) is 0 Å². The summed E-state index contributed by atoms with van der Waals surface area (Å²) in [5.41, 5.74) is 1.41. The number of amides is 1. The monoisotopic (exact) mass is 395 g/mol. The molecule has 2 aromatic carbocycles. The maximum atomic E-state index is 13.0. The predicted octanol–water partition coefficient (Wildman–Crippen LogP) is 5.09. The Labute approximate surface area is 169 Å². The van der Waals surface area contributed by atoms with E-state index >= 15 is 0 Å². The summed E-state index contributed by atoms with van der Waals surface area (Å²) in [6.07, 6.45) is 5.01. The van der Waals surface area contributed by atoms with Crippen LogP contribution in [0.15, 0.2) is 60.2 Å². The van der Waals surface area contributed by atoms with E-state index in [-0.39, 0.29) is 17.4 Å². The number of aliphatic hydroxyl groups is 1. The van der Waals surface area contributed by atoms with Gasteiger partial charge in [0.25, 0.3) is 11.7 Å². The summed E-state index contributed by atoms with van der Waals surface area (Å²) in [7, 11) is 0. The molecule has 0 spiro atoms. The first-order valence-corrected chi connectivity index (χ1v) is 10.1. The minimum atomic E-state index is -0.628. The van der Waals surface area contributed by atoms with E-state index < -0.39 is 17.7 Å². The van der Waals surface area contributed by atoms with Crippen LogP contribution < -0.4 is 0 Å². The van der Waals surface area contributed by atoms with Gasteiger partial charge in [0.05, 0.1) is 11.6 Å². The molecule has 28 heavy (non-hydrogen) atoms. The minimum absolute atomic E-state index is 0.0140. The molecule has 1 amide bonds. The van der Waals surface area contributed by atoms with E-state index in [0.717, 1.165) is 37.7 Å². The second kappa shape index (κ2) is 7.80. The molecule has 1 atom stereocenters. The average molecular weight is 396 g/mol. The van der Waals surface area contributed by atoms with E-state index in [9.17, 15) is 14.7 Å². The van der Waals surface area contributed by atoms with Gasteiger partial charge in [-0.05, 0) is 30.5 Å². The lowest BCUT2D eigenvalue weighted by molar-refractivity contribution is -0.141. The molecule has 1 unspecified atom stereocenters. The van der Waals surface area contributed by atoms with Gasteiger partial charge in [0.1, 0.15) is 5.76 Å². The van der Waals surface area contributed by atoms with Gasteiger partial charge < -0.3 is 10.0 Å². The van der Waals surface area contributed by atoms with Crippen molar-refractivity contribution in [3.63, 3.8) is 0 Å². The molecule has 5 heteroatoms. The first-order chi connectivity index (χ1) is 13.6. The number of aliphatic hydroxyl groups excluding tert-OH is 1. The molecule has 144 valence electrons. The van der Waals surface area contributed by atoms with Gasteiger partial charge in [0.2, 0.25) is 0 Å². The highest BCUT2D eigenvalue weighted by molar-refractivity contribution is 6.46. The fourth-order valence-electron chi connectivity index (χ4n) is 4.34. The Morgan fingerprint density at radius 3 is 2.36 bits per heavy atom. The Bertz CT molecular complexity index is 932. The van der Waals surface area contributed by atoms with Gasteiger partial charge in [0, 0.05) is 16.6 Å². The molecule has 1 aliphatic carbocycles. The molecular weight excluding hydrogens is 374 g/mol. The van der Waals surface area contributed by atoms with Crippen LogP contribution in [0, 0.1) is 0 Å². The van der Waals surface area contributed by atoms with Crippen LogP contribution in [0.2, 0.25) is 5.02 Å². The van der Waals surface area contributed by atoms with Gasteiger partial charge >= 0.3 is 0 Å². The molecule has 4 nitrogen and oxygen atoms in total. The summed E-state index contributed by atoms with van der Waals surface area (Å²) < 4.78 is 0. The topological polar surface area (TPSA) is 57.6 Å². The highest BCUT2D eigenvalue weighted by Crippen LogP contribution is 2.43. The molecule has 0 aromatic heterocycles. The van der Waals surface area contributed by atoms with Crippen LogP contribution in [0.5, 0.6) is 0 Å². The van der Waals surface area contributed by atoms with Crippen molar-refractivity contribution < 1.29 is 14.7 Å². The van der Waals surface area contributed by atoms with Crippen molar-refractivity contribution >= 4 is 29.1 Å². The first-order valence-electron chi connectivity index (χ1n) is 9.69. The van der Waals surface area contributed by atoms with Gasteiger partial charge in [0.15, 0.2) is 0 Å². The summed E-state index contributed by atoms with van der Waals surface area (Å²) >= 11 is 6.07. The summed E-state index contributed by atoms with van der Waals surface area (Å²) in [6.45, 7) is 0. The third-order valence-electron chi connectivity index (χ3n) is 5.66. The van der Waals surface area contributed by atoms with Crippen molar-refractivity contribution in [3.8, 4) is 0 Å². The van der Waals surface area contributed by atoms with Crippen molar-refractivity contribution in [1.82, 2.24) is 4.90 Å². The number of rotatable bonds is 3. The lowest BCUT2D eigenvalue weighted by Crippen LogP contribution is -2.40. The lowest BCUT2D eigenvalue weighted by Gasteiger charge is -2.35. The van der Waals surface area contributed by atoms with Gasteiger partial charge in [-0.15, -0.1) is 0 Å². The van der Waals surface area contributed by atoms with E-state index in [4.69, 9.17) is 11.6 Å². The van der Waals surface area contributed by atoms with E-state index in [1.165, 1.54) is 0 Å². The summed E-state index contributed by atoms with van der Waals surface area (Å²) in [6, 6.07) is 15.6. The van der Waals surface area contributed by atoms with Gasteiger partial charge in [-0.1, -0.05) is 73.3 Å². The number of carbonyl (C=O) groups is 2. The maximum Gasteiger partial charge on any atom is 0.295 e. The number of hydrogen-bond acceptors (Lipinski definition) is 3. The molecule has 1 saturated heterocycles. The number of ketones is 1. The molecule has 1 heterocycles. The zero-order chi connectivity index (χ0) is 19.7. The molecule has 2 fully saturated rings. The van der Waals surface area contributed by atoms with E-state index in [0.29, 0.717) is 10.6 Å². The minimum Gasteiger partial charge on any atom is -0.507 e. The third kappa shape index (κ3) is 3.33. The number of likely N-dealkylation sites (tertiary alicyclic amines) is 1. The average Bonchev–Trinajstić information content (AvgIpc) is 2.99. The zero-order valence-electron chi connectivity index (χ0n) is 15.5. The van der Waals surface area contributed by atoms with Crippen LogP contribution in [0.1, 0.15) is 49.3 Å². The molecule has 1 aliphatic heterocycles. The van der Waals surface area contributed by atoms with Gasteiger partial charge in [-0.2, -0.15) is 0 Å². The zero-order valence-corrected chi connectivity index (χ0v) is 16.2. The summed E-state index contributed by atoms with van der Waals surface area (Å²) in [5.74, 6) is -1.32. The second-order valence-corrected chi connectivity index (χ2v) is 7.86. The SMILES string of the molecule is O=C1C(=O)N(C2CCCCC2)C(c2ccccc2)/C1=C(/O)c1cccc(Cl)c1. The molecule has 0 bridgehead atoms.